The SMILES string of the molecule is CC(C(=O)O)c1ccc(CN2CCOC(C#N)C2)cc1. The molecule has 106 valence electrons. The molecule has 0 spiro atoms. The van der Waals surface area contributed by atoms with Crippen molar-refractivity contribution in [2.75, 3.05) is 19.7 Å². The largest absolute Gasteiger partial charge is 0.481 e. The van der Waals surface area contributed by atoms with E-state index in [1.807, 2.05) is 24.3 Å². The van der Waals surface area contributed by atoms with Gasteiger partial charge in [-0.3, -0.25) is 9.69 Å². The molecule has 5 heteroatoms. The maximum absolute atomic E-state index is 10.9. The molecule has 1 aliphatic rings. The van der Waals surface area contributed by atoms with Gasteiger partial charge in [0.2, 0.25) is 0 Å². The molecule has 1 fully saturated rings. The lowest BCUT2D eigenvalue weighted by molar-refractivity contribution is -0.138. The van der Waals surface area contributed by atoms with Gasteiger partial charge >= 0.3 is 5.97 Å². The van der Waals surface area contributed by atoms with Crippen molar-refractivity contribution in [2.45, 2.75) is 25.5 Å². The van der Waals surface area contributed by atoms with Gasteiger partial charge in [-0.2, -0.15) is 5.26 Å². The number of carboxylic acid groups (broad SMARTS) is 1. The molecular formula is C15H18N2O3. The summed E-state index contributed by atoms with van der Waals surface area (Å²) in [4.78, 5) is 13.1. The van der Waals surface area contributed by atoms with Crippen LogP contribution in [0.2, 0.25) is 0 Å². The molecule has 1 aliphatic heterocycles. The van der Waals surface area contributed by atoms with Gasteiger partial charge in [-0.1, -0.05) is 24.3 Å². The summed E-state index contributed by atoms with van der Waals surface area (Å²) in [7, 11) is 0. The molecule has 0 amide bonds. The van der Waals surface area contributed by atoms with Crippen molar-refractivity contribution in [2.24, 2.45) is 0 Å². The van der Waals surface area contributed by atoms with Crippen molar-refractivity contribution in [3.63, 3.8) is 0 Å². The van der Waals surface area contributed by atoms with Crippen LogP contribution >= 0.6 is 0 Å². The Morgan fingerprint density at radius 1 is 1.55 bits per heavy atom. The van der Waals surface area contributed by atoms with Crippen LogP contribution in [0.15, 0.2) is 24.3 Å². The van der Waals surface area contributed by atoms with Gasteiger partial charge in [0.1, 0.15) is 0 Å². The van der Waals surface area contributed by atoms with Crippen LogP contribution in [0.25, 0.3) is 0 Å². The molecule has 0 bridgehead atoms. The summed E-state index contributed by atoms with van der Waals surface area (Å²) in [5.74, 6) is -1.31. The van der Waals surface area contributed by atoms with E-state index < -0.39 is 11.9 Å². The second-order valence-electron chi connectivity index (χ2n) is 5.03. The number of carbonyl (C=O) groups is 1. The van der Waals surface area contributed by atoms with Gasteiger partial charge < -0.3 is 9.84 Å². The summed E-state index contributed by atoms with van der Waals surface area (Å²) >= 11 is 0. The Bertz CT molecular complexity index is 507. The minimum Gasteiger partial charge on any atom is -0.481 e. The van der Waals surface area contributed by atoms with Gasteiger partial charge in [0, 0.05) is 19.6 Å². The van der Waals surface area contributed by atoms with E-state index in [9.17, 15) is 4.79 Å². The Morgan fingerprint density at radius 3 is 2.85 bits per heavy atom. The zero-order valence-corrected chi connectivity index (χ0v) is 11.5. The standard InChI is InChI=1S/C15H18N2O3/c1-11(15(18)19)13-4-2-12(3-5-13)9-17-6-7-20-14(8-16)10-17/h2-5,11,14H,6-7,9-10H2,1H3,(H,18,19). The van der Waals surface area contributed by atoms with Crippen molar-refractivity contribution < 1.29 is 14.6 Å². The molecule has 0 aromatic heterocycles. The van der Waals surface area contributed by atoms with E-state index in [-0.39, 0.29) is 6.10 Å². The molecule has 1 aromatic carbocycles. The molecule has 1 heterocycles. The quantitative estimate of drug-likeness (QED) is 0.902. The van der Waals surface area contributed by atoms with E-state index in [0.29, 0.717) is 13.2 Å². The van der Waals surface area contributed by atoms with Crippen LogP contribution in [0.5, 0.6) is 0 Å². The molecule has 1 saturated heterocycles. The van der Waals surface area contributed by atoms with Crippen LogP contribution in [0.4, 0.5) is 0 Å². The van der Waals surface area contributed by atoms with Crippen molar-refractivity contribution >= 4 is 5.97 Å². The Balaban J connectivity index is 1.97. The number of benzene rings is 1. The number of aliphatic carboxylic acids is 1. The normalized spacial score (nSPS) is 21.1. The highest BCUT2D eigenvalue weighted by atomic mass is 16.5. The molecular weight excluding hydrogens is 256 g/mol. The molecule has 2 atom stereocenters. The number of morpholine rings is 1. The summed E-state index contributed by atoms with van der Waals surface area (Å²) in [6, 6.07) is 9.74. The lowest BCUT2D eigenvalue weighted by atomic mass is 10.00. The number of nitrogens with zero attached hydrogens (tertiary/aromatic N) is 2. The summed E-state index contributed by atoms with van der Waals surface area (Å²) in [5.41, 5.74) is 1.92. The highest BCUT2D eigenvalue weighted by molar-refractivity contribution is 5.75. The highest BCUT2D eigenvalue weighted by Crippen LogP contribution is 2.17. The van der Waals surface area contributed by atoms with Gasteiger partial charge in [0.25, 0.3) is 0 Å². The van der Waals surface area contributed by atoms with Crippen LogP contribution in [-0.4, -0.2) is 41.8 Å². The molecule has 2 unspecified atom stereocenters. The van der Waals surface area contributed by atoms with Crippen molar-refractivity contribution in [1.82, 2.24) is 4.90 Å². The average molecular weight is 274 g/mol. The van der Waals surface area contributed by atoms with Crippen LogP contribution in [0.3, 0.4) is 0 Å². The van der Waals surface area contributed by atoms with Crippen LogP contribution in [0.1, 0.15) is 24.0 Å². The maximum Gasteiger partial charge on any atom is 0.310 e. The first-order valence-electron chi connectivity index (χ1n) is 6.65. The summed E-state index contributed by atoms with van der Waals surface area (Å²) in [6.07, 6.45) is -0.352. The molecule has 5 nitrogen and oxygen atoms in total. The third-order valence-electron chi connectivity index (χ3n) is 3.55. The number of hydrogen-bond acceptors (Lipinski definition) is 4. The van der Waals surface area contributed by atoms with Crippen LogP contribution in [-0.2, 0) is 16.1 Å². The smallest absolute Gasteiger partial charge is 0.310 e. The molecule has 0 aliphatic carbocycles. The van der Waals surface area contributed by atoms with Crippen molar-refractivity contribution in [3.8, 4) is 6.07 Å². The third kappa shape index (κ3) is 3.56. The van der Waals surface area contributed by atoms with E-state index in [1.165, 1.54) is 0 Å². The first-order chi connectivity index (χ1) is 9.60. The molecule has 1 aromatic rings. The van der Waals surface area contributed by atoms with Crippen molar-refractivity contribution in [3.05, 3.63) is 35.4 Å². The minimum atomic E-state index is -0.817. The third-order valence-corrected chi connectivity index (χ3v) is 3.55. The van der Waals surface area contributed by atoms with Crippen molar-refractivity contribution in [1.29, 1.82) is 5.26 Å². The second kappa shape index (κ2) is 6.51. The molecule has 2 rings (SSSR count). The number of nitriles is 1. The zero-order valence-electron chi connectivity index (χ0n) is 11.5. The monoisotopic (exact) mass is 274 g/mol. The highest BCUT2D eigenvalue weighted by Gasteiger charge is 2.20. The lowest BCUT2D eigenvalue weighted by Gasteiger charge is -2.29. The first-order valence-corrected chi connectivity index (χ1v) is 6.65. The van der Waals surface area contributed by atoms with Gasteiger partial charge in [-0.25, -0.2) is 0 Å². The summed E-state index contributed by atoms with van der Waals surface area (Å²) in [5, 5.41) is 17.8. The van der Waals surface area contributed by atoms with Gasteiger partial charge in [-0.05, 0) is 18.1 Å². The maximum atomic E-state index is 10.9. The van der Waals surface area contributed by atoms with Crippen LogP contribution in [0, 0.1) is 11.3 Å². The topological polar surface area (TPSA) is 73.6 Å². The Kier molecular flexibility index (Phi) is 4.72. The molecule has 0 saturated carbocycles. The summed E-state index contributed by atoms with van der Waals surface area (Å²) < 4.78 is 5.30. The molecule has 20 heavy (non-hydrogen) atoms. The predicted molar refractivity (Wildman–Crippen MR) is 73.1 cm³/mol. The minimum absolute atomic E-state index is 0.352. The fourth-order valence-corrected chi connectivity index (χ4v) is 2.24. The van der Waals surface area contributed by atoms with Gasteiger partial charge in [0.15, 0.2) is 6.10 Å². The lowest BCUT2D eigenvalue weighted by Crippen LogP contribution is -2.41. The number of ether oxygens (including phenoxy) is 1. The average Bonchev–Trinajstić information content (AvgIpc) is 2.47. The van der Waals surface area contributed by atoms with E-state index in [2.05, 4.69) is 11.0 Å². The van der Waals surface area contributed by atoms with Gasteiger partial charge in [0.05, 0.1) is 18.6 Å². The predicted octanol–water partition coefficient (Wildman–Crippen LogP) is 1.60. The van der Waals surface area contributed by atoms with E-state index in [0.717, 1.165) is 24.2 Å². The Labute approximate surface area is 118 Å². The fraction of sp³-hybridized carbons (Fsp3) is 0.467. The number of carboxylic acids is 1. The van der Waals surface area contributed by atoms with Gasteiger partial charge in [-0.15, -0.1) is 0 Å². The Hall–Kier alpha value is -1.90. The van der Waals surface area contributed by atoms with E-state index >= 15 is 0 Å². The molecule has 1 N–H and O–H groups in total. The molecule has 0 radical (unpaired) electrons. The van der Waals surface area contributed by atoms with Crippen LogP contribution < -0.4 is 0 Å². The fourth-order valence-electron chi connectivity index (χ4n) is 2.24. The second-order valence-corrected chi connectivity index (χ2v) is 5.03. The van der Waals surface area contributed by atoms with E-state index in [1.54, 1.807) is 6.92 Å². The summed E-state index contributed by atoms with van der Waals surface area (Å²) in [6.45, 7) is 4.43. The Morgan fingerprint density at radius 2 is 2.25 bits per heavy atom. The number of hydrogen-bond donors (Lipinski definition) is 1. The number of rotatable bonds is 4. The first kappa shape index (κ1) is 14.5. The van der Waals surface area contributed by atoms with E-state index in [4.69, 9.17) is 15.1 Å². The zero-order chi connectivity index (χ0) is 14.5.